The average Bonchev–Trinajstić information content (AvgIpc) is 3.11. The van der Waals surface area contributed by atoms with Crippen LogP contribution < -0.4 is 10.8 Å². The van der Waals surface area contributed by atoms with Gasteiger partial charge < -0.3 is 15.6 Å². The molecule has 0 radical (unpaired) electrons. The predicted molar refractivity (Wildman–Crippen MR) is 129 cm³/mol. The van der Waals surface area contributed by atoms with Gasteiger partial charge in [0.2, 0.25) is 5.84 Å². The zero-order valence-electron chi connectivity index (χ0n) is 20.0. The molecule has 0 aliphatic carbocycles. The quantitative estimate of drug-likeness (QED) is 0.153. The van der Waals surface area contributed by atoms with E-state index in [1.165, 1.54) is 89.9 Å². The van der Waals surface area contributed by atoms with Gasteiger partial charge in [0.1, 0.15) is 19.3 Å². The van der Waals surface area contributed by atoms with Crippen molar-refractivity contribution in [2.75, 3.05) is 19.6 Å². The second-order valence-corrected chi connectivity index (χ2v) is 8.96. The highest BCUT2D eigenvalue weighted by molar-refractivity contribution is 5.80. The van der Waals surface area contributed by atoms with Crippen LogP contribution in [0, 0.1) is 0 Å². The van der Waals surface area contributed by atoms with Gasteiger partial charge in [0.15, 0.2) is 0 Å². The molecule has 0 amide bonds. The van der Waals surface area contributed by atoms with Crippen molar-refractivity contribution in [3.63, 3.8) is 0 Å². The SMILES string of the molecule is CCC/C=C/CCCCCCCCCCCCCCC1=NC=C[N+]1(CCN)CC(=O)[O-]. The van der Waals surface area contributed by atoms with Crippen LogP contribution >= 0.6 is 0 Å². The normalized spacial score (nSPS) is 18.2. The summed E-state index contributed by atoms with van der Waals surface area (Å²) >= 11 is 0. The van der Waals surface area contributed by atoms with Crippen molar-refractivity contribution in [2.24, 2.45) is 10.7 Å². The molecule has 0 spiro atoms. The Morgan fingerprint density at radius 1 is 0.935 bits per heavy atom. The van der Waals surface area contributed by atoms with Crippen LogP contribution in [0.2, 0.25) is 0 Å². The molecule has 1 heterocycles. The number of hydrogen-bond donors (Lipinski definition) is 1. The van der Waals surface area contributed by atoms with Gasteiger partial charge in [0.05, 0.1) is 12.2 Å². The highest BCUT2D eigenvalue weighted by Crippen LogP contribution is 2.21. The van der Waals surface area contributed by atoms with Gasteiger partial charge >= 0.3 is 0 Å². The lowest BCUT2D eigenvalue weighted by atomic mass is 10.0. The molecule has 0 aromatic carbocycles. The fourth-order valence-corrected chi connectivity index (χ4v) is 4.34. The summed E-state index contributed by atoms with van der Waals surface area (Å²) in [5.41, 5.74) is 5.71. The Morgan fingerprint density at radius 2 is 1.48 bits per heavy atom. The molecule has 0 aromatic heterocycles. The van der Waals surface area contributed by atoms with Crippen LogP contribution in [0.1, 0.15) is 110 Å². The van der Waals surface area contributed by atoms with E-state index in [0.717, 1.165) is 18.7 Å². The third-order valence-electron chi connectivity index (χ3n) is 6.17. The number of unbranched alkanes of at least 4 members (excludes halogenated alkanes) is 13. The van der Waals surface area contributed by atoms with Crippen LogP contribution in [0.5, 0.6) is 0 Å². The molecule has 5 heteroatoms. The van der Waals surface area contributed by atoms with Gasteiger partial charge in [-0.3, -0.25) is 0 Å². The minimum absolute atomic E-state index is 0.0669. The first-order valence-electron chi connectivity index (χ1n) is 12.8. The number of carboxylic acid groups (broad SMARTS) is 1. The number of carboxylic acids is 1. The number of allylic oxidation sites excluding steroid dienone is 2. The maximum atomic E-state index is 11.2. The van der Waals surface area contributed by atoms with Crippen molar-refractivity contribution in [1.82, 2.24) is 0 Å². The summed E-state index contributed by atoms with van der Waals surface area (Å²) in [6, 6.07) is 0. The largest absolute Gasteiger partial charge is 0.544 e. The molecule has 0 saturated heterocycles. The number of rotatable bonds is 21. The summed E-state index contributed by atoms with van der Waals surface area (Å²) in [6.07, 6.45) is 28.6. The molecule has 31 heavy (non-hydrogen) atoms. The summed E-state index contributed by atoms with van der Waals surface area (Å²) in [5, 5.41) is 11.2. The standard InChI is InChI=1S/C26H47N3O2/c1-2-3-4-5-6-7-8-9-10-11-12-13-14-15-16-17-18-19-25-28-21-23-29(25,22-20-27)24-26(30)31/h4-5,21,23H,2-3,6-20,22,24,27H2,1H3/b5-4+. The van der Waals surface area contributed by atoms with Gasteiger partial charge in [-0.2, -0.15) is 0 Å². The number of carbonyl (C=O) groups excluding carboxylic acids is 1. The van der Waals surface area contributed by atoms with E-state index in [1.54, 1.807) is 6.20 Å². The molecule has 1 rings (SSSR count). The monoisotopic (exact) mass is 433 g/mol. The first-order valence-corrected chi connectivity index (χ1v) is 12.8. The maximum absolute atomic E-state index is 11.2. The molecule has 0 aromatic rings. The third-order valence-corrected chi connectivity index (χ3v) is 6.17. The molecule has 1 atom stereocenters. The maximum Gasteiger partial charge on any atom is 0.207 e. The summed E-state index contributed by atoms with van der Waals surface area (Å²) in [6.45, 7) is 3.17. The molecule has 0 bridgehead atoms. The number of amidine groups is 1. The Hall–Kier alpha value is -1.46. The molecule has 0 saturated carbocycles. The van der Waals surface area contributed by atoms with E-state index in [1.807, 2.05) is 6.20 Å². The van der Waals surface area contributed by atoms with Crippen molar-refractivity contribution in [3.8, 4) is 0 Å². The lowest BCUT2D eigenvalue weighted by Crippen LogP contribution is -2.55. The minimum Gasteiger partial charge on any atom is -0.544 e. The van der Waals surface area contributed by atoms with Crippen molar-refractivity contribution in [3.05, 3.63) is 24.6 Å². The molecular formula is C26H47N3O2. The Balaban J connectivity index is 1.95. The summed E-state index contributed by atoms with van der Waals surface area (Å²) < 4.78 is 0.244. The van der Waals surface area contributed by atoms with Crippen LogP contribution in [0.3, 0.4) is 0 Å². The fourth-order valence-electron chi connectivity index (χ4n) is 4.34. The van der Waals surface area contributed by atoms with E-state index in [0.29, 0.717) is 13.1 Å². The Labute approximate surface area is 191 Å². The van der Waals surface area contributed by atoms with Gasteiger partial charge in [-0.25, -0.2) is 9.48 Å². The molecule has 178 valence electrons. The summed E-state index contributed by atoms with van der Waals surface area (Å²) in [4.78, 5) is 15.6. The number of nitrogens with zero attached hydrogens (tertiary/aromatic N) is 2. The molecule has 5 nitrogen and oxygen atoms in total. The molecule has 1 unspecified atom stereocenters. The zero-order valence-corrected chi connectivity index (χ0v) is 20.0. The fraction of sp³-hybridized carbons (Fsp3) is 0.769. The molecule has 1 aliphatic rings. The minimum atomic E-state index is -1.05. The van der Waals surface area contributed by atoms with Crippen LogP contribution in [0.4, 0.5) is 0 Å². The third kappa shape index (κ3) is 12.9. The lowest BCUT2D eigenvalue weighted by molar-refractivity contribution is -0.780. The van der Waals surface area contributed by atoms with Crippen molar-refractivity contribution >= 4 is 11.8 Å². The highest BCUT2D eigenvalue weighted by atomic mass is 16.4. The van der Waals surface area contributed by atoms with Crippen LogP contribution in [0.15, 0.2) is 29.5 Å². The van der Waals surface area contributed by atoms with Gasteiger partial charge in [-0.05, 0) is 25.7 Å². The lowest BCUT2D eigenvalue weighted by Gasteiger charge is -2.32. The summed E-state index contributed by atoms with van der Waals surface area (Å²) in [5.74, 6) is -0.126. The van der Waals surface area contributed by atoms with E-state index in [2.05, 4.69) is 24.1 Å². The van der Waals surface area contributed by atoms with Gasteiger partial charge in [-0.15, -0.1) is 0 Å². The van der Waals surface area contributed by atoms with Crippen LogP contribution in [-0.4, -0.2) is 35.9 Å². The highest BCUT2D eigenvalue weighted by Gasteiger charge is 2.34. The number of hydrogen-bond acceptors (Lipinski definition) is 4. The Bertz CT molecular complexity index is 557. The summed E-state index contributed by atoms with van der Waals surface area (Å²) in [7, 11) is 0. The molecule has 2 N–H and O–H groups in total. The number of nitrogens with two attached hydrogens (primary N) is 1. The predicted octanol–water partition coefficient (Wildman–Crippen LogP) is 5.21. The van der Waals surface area contributed by atoms with Crippen molar-refractivity contribution < 1.29 is 14.4 Å². The van der Waals surface area contributed by atoms with Gasteiger partial charge in [0, 0.05) is 13.0 Å². The van der Waals surface area contributed by atoms with E-state index in [4.69, 9.17) is 5.73 Å². The van der Waals surface area contributed by atoms with E-state index in [9.17, 15) is 9.90 Å². The first kappa shape index (κ1) is 27.6. The van der Waals surface area contributed by atoms with E-state index >= 15 is 0 Å². The van der Waals surface area contributed by atoms with Crippen LogP contribution in [0.25, 0.3) is 0 Å². The molecular weight excluding hydrogens is 386 g/mol. The van der Waals surface area contributed by atoms with Crippen molar-refractivity contribution in [2.45, 2.75) is 110 Å². The molecule has 0 fully saturated rings. The van der Waals surface area contributed by atoms with E-state index in [-0.39, 0.29) is 11.0 Å². The smallest absolute Gasteiger partial charge is 0.207 e. The second kappa shape index (κ2) is 18.1. The first-order chi connectivity index (χ1) is 15.1. The Kier molecular flexibility index (Phi) is 16.1. The second-order valence-electron chi connectivity index (χ2n) is 8.96. The number of aliphatic carboxylic acids is 1. The Morgan fingerprint density at radius 3 is 2.03 bits per heavy atom. The topological polar surface area (TPSA) is 78.5 Å². The van der Waals surface area contributed by atoms with Gasteiger partial charge in [-0.1, -0.05) is 89.7 Å². The van der Waals surface area contributed by atoms with Crippen molar-refractivity contribution in [1.29, 1.82) is 0 Å². The van der Waals surface area contributed by atoms with Gasteiger partial charge in [0.25, 0.3) is 0 Å². The van der Waals surface area contributed by atoms with E-state index < -0.39 is 5.97 Å². The zero-order chi connectivity index (χ0) is 22.6. The molecule has 1 aliphatic heterocycles. The number of carbonyl (C=O) groups is 1. The number of quaternary nitrogens is 1. The van der Waals surface area contributed by atoms with Crippen LogP contribution in [-0.2, 0) is 4.79 Å². The average molecular weight is 434 g/mol. The number of aliphatic imine (C=N–C) groups is 1.